The van der Waals surface area contributed by atoms with E-state index in [-0.39, 0.29) is 23.1 Å². The predicted octanol–water partition coefficient (Wildman–Crippen LogP) is 3.01. The number of pyridine rings is 1. The molecule has 5 rings (SSSR count). The molecule has 0 bridgehead atoms. The zero-order chi connectivity index (χ0) is 25.8. The van der Waals surface area contributed by atoms with E-state index in [0.29, 0.717) is 28.0 Å². The van der Waals surface area contributed by atoms with Crippen LogP contribution in [0.1, 0.15) is 16.2 Å². The van der Waals surface area contributed by atoms with Crippen molar-refractivity contribution in [2.75, 3.05) is 17.8 Å². The molecule has 0 radical (unpaired) electrons. The van der Waals surface area contributed by atoms with E-state index in [4.69, 9.17) is 9.26 Å². The molecule has 0 saturated heterocycles. The fourth-order valence-electron chi connectivity index (χ4n) is 3.62. The van der Waals surface area contributed by atoms with Gasteiger partial charge in [-0.3, -0.25) is 24.0 Å². The summed E-state index contributed by atoms with van der Waals surface area (Å²) in [4.78, 5) is 49.0. The second-order valence-electron chi connectivity index (χ2n) is 7.73. The number of nitrogens with one attached hydrogen (secondary N) is 1. The zero-order valence-electron chi connectivity index (χ0n) is 19.5. The fourth-order valence-corrected chi connectivity index (χ4v) is 4.50. The predicted molar refractivity (Wildman–Crippen MR) is 138 cm³/mol. The summed E-state index contributed by atoms with van der Waals surface area (Å²) in [5.74, 6) is -0.383. The molecular weight excluding hydrogens is 494 g/mol. The van der Waals surface area contributed by atoms with Gasteiger partial charge < -0.3 is 4.74 Å². The standard InChI is InChI=1S/C26H19N5O5S/c1-35-20-12-10-19(11-13-20)31-23(25(34)36-29-31)22(32)16-37-26-28-21(15-17-7-5-6-14-27-17)24(33)30(26)18-8-3-2-4-9-18/h2-15H,16H2,1H3/p+1/b21-15+. The Kier molecular flexibility index (Phi) is 6.77. The highest BCUT2D eigenvalue weighted by atomic mass is 32.2. The van der Waals surface area contributed by atoms with Gasteiger partial charge in [-0.1, -0.05) is 36.0 Å². The number of amides is 1. The highest BCUT2D eigenvalue weighted by Gasteiger charge is 2.35. The summed E-state index contributed by atoms with van der Waals surface area (Å²) in [7, 11) is 1.54. The van der Waals surface area contributed by atoms with E-state index in [0.717, 1.165) is 11.8 Å². The molecule has 1 aliphatic rings. The number of carbonyl (C=O) groups excluding carboxylic acids is 2. The topological polar surface area (TPSA) is 122 Å². The molecule has 1 aliphatic heterocycles. The van der Waals surface area contributed by atoms with E-state index in [1.54, 1.807) is 80.0 Å². The summed E-state index contributed by atoms with van der Waals surface area (Å²) in [6.45, 7) is 0. The molecular formula is C26H20N5O5S+. The van der Waals surface area contributed by atoms with Gasteiger partial charge in [-0.25, -0.2) is 9.79 Å². The van der Waals surface area contributed by atoms with Crippen LogP contribution in [0.4, 0.5) is 5.69 Å². The van der Waals surface area contributed by atoms with Gasteiger partial charge in [0.2, 0.25) is 11.5 Å². The number of rotatable bonds is 7. The number of aromatic amines is 1. The average Bonchev–Trinajstić information content (AvgIpc) is 3.47. The third-order valence-corrected chi connectivity index (χ3v) is 6.33. The van der Waals surface area contributed by atoms with E-state index < -0.39 is 11.4 Å². The lowest BCUT2D eigenvalue weighted by Gasteiger charge is -2.17. The quantitative estimate of drug-likeness (QED) is 0.229. The summed E-state index contributed by atoms with van der Waals surface area (Å²) in [5.41, 5.74) is 0.895. The van der Waals surface area contributed by atoms with Gasteiger partial charge in [-0.05, 0) is 52.4 Å². The van der Waals surface area contributed by atoms with Crippen molar-refractivity contribution in [3.63, 3.8) is 0 Å². The number of H-pyrrole nitrogens is 1. The van der Waals surface area contributed by atoms with Gasteiger partial charge in [-0.2, -0.15) is 0 Å². The van der Waals surface area contributed by atoms with Crippen molar-refractivity contribution in [3.8, 4) is 11.4 Å². The number of hydrogen-bond acceptors (Lipinski definition) is 8. The molecule has 10 nitrogen and oxygen atoms in total. The van der Waals surface area contributed by atoms with Crippen molar-refractivity contribution < 1.29 is 23.5 Å². The number of carbonyl (C=O) groups is 2. The van der Waals surface area contributed by atoms with Gasteiger partial charge in [0.25, 0.3) is 5.91 Å². The maximum absolute atomic E-state index is 13.3. The minimum absolute atomic E-state index is 0.162. The second kappa shape index (κ2) is 10.5. The van der Waals surface area contributed by atoms with Crippen LogP contribution in [0.3, 0.4) is 0 Å². The number of anilines is 1. The van der Waals surface area contributed by atoms with Crippen LogP contribution in [0.2, 0.25) is 0 Å². The number of Topliss-reactive ketones (excluding diaryl/α,β-unsaturated/α-hetero) is 1. The molecule has 1 N–H and O–H groups in total. The number of thioether (sulfide) groups is 1. The Hall–Kier alpha value is -4.77. The van der Waals surface area contributed by atoms with Crippen LogP contribution in [0.5, 0.6) is 5.75 Å². The van der Waals surface area contributed by atoms with Crippen molar-refractivity contribution in [3.05, 3.63) is 106 Å². The van der Waals surface area contributed by atoms with E-state index in [2.05, 4.69) is 15.2 Å². The number of benzene rings is 2. The van der Waals surface area contributed by atoms with Crippen molar-refractivity contribution >= 4 is 40.4 Å². The molecule has 37 heavy (non-hydrogen) atoms. The normalized spacial score (nSPS) is 14.2. The molecule has 2 aromatic heterocycles. The first-order valence-electron chi connectivity index (χ1n) is 11.1. The lowest BCUT2D eigenvalue weighted by molar-refractivity contribution is -0.672. The van der Waals surface area contributed by atoms with Crippen molar-refractivity contribution in [1.29, 1.82) is 0 Å². The van der Waals surface area contributed by atoms with Gasteiger partial charge in [0.05, 0.1) is 24.2 Å². The largest absolute Gasteiger partial charge is 0.497 e. The molecule has 11 heteroatoms. The third kappa shape index (κ3) is 4.98. The number of ether oxygens (including phenoxy) is 1. The molecule has 2 aromatic carbocycles. The lowest BCUT2D eigenvalue weighted by Crippen LogP contribution is -2.41. The minimum Gasteiger partial charge on any atom is -0.497 e. The molecule has 0 spiro atoms. The van der Waals surface area contributed by atoms with Crippen LogP contribution in [-0.2, 0) is 4.79 Å². The van der Waals surface area contributed by atoms with E-state index in [1.165, 1.54) is 9.58 Å². The maximum Gasteiger partial charge on any atom is 0.438 e. The number of ketones is 1. The SMILES string of the molecule is COc1ccc(-[n+]2[nH]oc(=O)c2C(=O)CSC2=N/C(=C/c3ccccn3)C(=O)N2c2ccccc2)cc1. The van der Waals surface area contributed by atoms with Crippen LogP contribution in [0.15, 0.2) is 99.0 Å². The fraction of sp³-hybridized carbons (Fsp3) is 0.0769. The number of para-hydroxylation sites is 1. The second-order valence-corrected chi connectivity index (χ2v) is 8.67. The number of aliphatic imine (C=N–C) groups is 1. The monoisotopic (exact) mass is 514 g/mol. The first-order chi connectivity index (χ1) is 18.0. The lowest BCUT2D eigenvalue weighted by atomic mass is 10.2. The molecule has 4 aromatic rings. The smallest absolute Gasteiger partial charge is 0.438 e. The van der Waals surface area contributed by atoms with Crippen LogP contribution in [0.25, 0.3) is 11.8 Å². The summed E-state index contributed by atoms with van der Waals surface area (Å²) in [6.07, 6.45) is 3.21. The Morgan fingerprint density at radius 3 is 2.54 bits per heavy atom. The maximum atomic E-state index is 13.3. The van der Waals surface area contributed by atoms with Crippen molar-refractivity contribution in [2.24, 2.45) is 4.99 Å². The highest BCUT2D eigenvalue weighted by Crippen LogP contribution is 2.29. The van der Waals surface area contributed by atoms with Gasteiger partial charge in [0.1, 0.15) is 11.4 Å². The zero-order valence-corrected chi connectivity index (χ0v) is 20.3. The van der Waals surface area contributed by atoms with Crippen LogP contribution in [0, 0.1) is 0 Å². The van der Waals surface area contributed by atoms with Crippen molar-refractivity contribution in [1.82, 2.24) is 10.3 Å². The summed E-state index contributed by atoms with van der Waals surface area (Å²) >= 11 is 1.05. The Morgan fingerprint density at radius 2 is 1.84 bits per heavy atom. The van der Waals surface area contributed by atoms with E-state index >= 15 is 0 Å². The number of nitrogens with zero attached hydrogens (tertiary/aromatic N) is 4. The van der Waals surface area contributed by atoms with E-state index in [1.807, 2.05) is 12.1 Å². The number of methoxy groups -OCH3 is 1. The molecule has 1 amide bonds. The molecule has 0 saturated carbocycles. The molecule has 0 fully saturated rings. The highest BCUT2D eigenvalue weighted by molar-refractivity contribution is 8.14. The van der Waals surface area contributed by atoms with Crippen molar-refractivity contribution in [2.45, 2.75) is 0 Å². The van der Waals surface area contributed by atoms with Gasteiger partial charge >= 0.3 is 11.3 Å². The summed E-state index contributed by atoms with van der Waals surface area (Å²) in [6, 6.07) is 21.1. The van der Waals surface area contributed by atoms with Gasteiger partial charge in [-0.15, -0.1) is 0 Å². The Labute approximate surface area is 214 Å². The van der Waals surface area contributed by atoms with Crippen LogP contribution >= 0.6 is 11.8 Å². The van der Waals surface area contributed by atoms with Gasteiger partial charge in [0.15, 0.2) is 5.17 Å². The van der Waals surface area contributed by atoms with Crippen LogP contribution < -0.4 is 19.9 Å². The Morgan fingerprint density at radius 1 is 1.08 bits per heavy atom. The average molecular weight is 515 g/mol. The minimum atomic E-state index is -0.804. The first-order valence-corrected chi connectivity index (χ1v) is 12.1. The number of amidine groups is 1. The molecule has 0 atom stereocenters. The van der Waals surface area contributed by atoms with Crippen LogP contribution in [-0.4, -0.2) is 40.0 Å². The summed E-state index contributed by atoms with van der Waals surface area (Å²) < 4.78 is 11.3. The molecule has 3 heterocycles. The van der Waals surface area contributed by atoms with Gasteiger partial charge in [0, 0.05) is 18.3 Å². The Balaban J connectivity index is 1.43. The molecule has 0 unspecified atom stereocenters. The van der Waals surface area contributed by atoms with E-state index in [9.17, 15) is 14.4 Å². The Bertz CT molecular complexity index is 1560. The number of aromatic nitrogens is 3. The molecule has 184 valence electrons. The third-order valence-electron chi connectivity index (χ3n) is 5.39. The first kappa shape index (κ1) is 23.9. The number of hydrogen-bond donors (Lipinski definition) is 1. The molecule has 0 aliphatic carbocycles. The summed E-state index contributed by atoms with van der Waals surface area (Å²) in [5, 5.41) is 2.77.